The van der Waals surface area contributed by atoms with Crippen LogP contribution in [0.1, 0.15) is 15.9 Å². The summed E-state index contributed by atoms with van der Waals surface area (Å²) >= 11 is 0. The van der Waals surface area contributed by atoms with Gasteiger partial charge in [0.15, 0.2) is 11.5 Å². The fraction of sp³-hybridized carbons (Fsp3) is 0.111. The summed E-state index contributed by atoms with van der Waals surface area (Å²) in [7, 11) is 0. The van der Waals surface area contributed by atoms with Crippen molar-refractivity contribution in [2.75, 3.05) is 12.1 Å². The smallest absolute Gasteiger partial charge is 0.249 e. The summed E-state index contributed by atoms with van der Waals surface area (Å²) in [5.41, 5.74) is 6.97. The van der Waals surface area contributed by atoms with Crippen LogP contribution in [0.15, 0.2) is 48.7 Å². The topological polar surface area (TPSA) is 86.5 Å². The number of nitrogens with two attached hydrogens (primary N) is 1. The summed E-state index contributed by atoms with van der Waals surface area (Å²) in [6.45, 7) is 0.830. The van der Waals surface area contributed by atoms with Crippen LogP contribution in [0.3, 0.4) is 0 Å². The van der Waals surface area contributed by atoms with E-state index in [-0.39, 0.29) is 6.79 Å². The summed E-state index contributed by atoms with van der Waals surface area (Å²) in [6, 6.07) is 13.0. The second kappa shape index (κ2) is 5.73. The second-order valence-corrected chi connectivity index (χ2v) is 5.47. The lowest BCUT2D eigenvalue weighted by atomic mass is 10.1. The van der Waals surface area contributed by atoms with Crippen molar-refractivity contribution in [2.45, 2.75) is 6.54 Å². The molecule has 1 aromatic heterocycles. The van der Waals surface area contributed by atoms with Crippen LogP contribution >= 0.6 is 0 Å². The Morgan fingerprint density at radius 2 is 2.00 bits per heavy atom. The molecule has 1 amide bonds. The van der Waals surface area contributed by atoms with E-state index in [0.717, 1.165) is 27.8 Å². The van der Waals surface area contributed by atoms with Gasteiger partial charge >= 0.3 is 0 Å². The molecule has 0 bridgehead atoms. The van der Waals surface area contributed by atoms with Crippen LogP contribution in [0.5, 0.6) is 11.5 Å². The predicted octanol–water partition coefficient (Wildman–Crippen LogP) is 2.67. The Bertz CT molecular complexity index is 940. The largest absolute Gasteiger partial charge is 0.454 e. The van der Waals surface area contributed by atoms with Crippen molar-refractivity contribution in [2.24, 2.45) is 5.73 Å². The lowest BCUT2D eigenvalue weighted by molar-refractivity contribution is 0.100. The highest BCUT2D eigenvalue weighted by Crippen LogP contribution is 2.33. The molecule has 1 aliphatic rings. The molecular weight excluding hydrogens is 306 g/mol. The van der Waals surface area contributed by atoms with Crippen LogP contribution in [-0.2, 0) is 6.54 Å². The molecule has 0 atom stereocenters. The zero-order valence-corrected chi connectivity index (χ0v) is 12.8. The van der Waals surface area contributed by atoms with Gasteiger partial charge in [0.1, 0.15) is 5.82 Å². The number of primary amides is 1. The first-order chi connectivity index (χ1) is 11.7. The Morgan fingerprint density at radius 1 is 1.12 bits per heavy atom. The van der Waals surface area contributed by atoms with E-state index in [1.807, 2.05) is 24.3 Å². The number of carbonyl (C=O) groups excluding carboxylic acids is 1. The molecule has 0 saturated carbocycles. The maximum Gasteiger partial charge on any atom is 0.249 e. The molecule has 0 fully saturated rings. The van der Waals surface area contributed by atoms with Crippen LogP contribution in [0.4, 0.5) is 5.82 Å². The number of nitrogens with one attached hydrogen (secondary N) is 1. The van der Waals surface area contributed by atoms with Crippen LogP contribution in [0, 0.1) is 0 Å². The molecule has 24 heavy (non-hydrogen) atoms. The van der Waals surface area contributed by atoms with Crippen LogP contribution in [-0.4, -0.2) is 17.7 Å². The van der Waals surface area contributed by atoms with Gasteiger partial charge in [0, 0.05) is 23.7 Å². The molecule has 6 nitrogen and oxygen atoms in total. The quantitative estimate of drug-likeness (QED) is 0.771. The average molecular weight is 321 g/mol. The van der Waals surface area contributed by atoms with Gasteiger partial charge < -0.3 is 20.5 Å². The summed E-state index contributed by atoms with van der Waals surface area (Å²) < 4.78 is 10.7. The molecule has 0 radical (unpaired) electrons. The standard InChI is InChI=1S/C18H15N3O3/c19-17(22)13-2-1-3-14-12(13)6-7-20-18(14)21-9-11-4-5-15-16(8-11)24-10-23-15/h1-8H,9-10H2,(H2,19,22)(H,20,21). The number of hydrogen-bond donors (Lipinski definition) is 2. The normalized spacial score (nSPS) is 12.3. The van der Waals surface area contributed by atoms with Gasteiger partial charge in [-0.25, -0.2) is 4.98 Å². The minimum Gasteiger partial charge on any atom is -0.454 e. The molecule has 0 aliphatic carbocycles. The highest BCUT2D eigenvalue weighted by atomic mass is 16.7. The van der Waals surface area contributed by atoms with Crippen molar-refractivity contribution in [1.29, 1.82) is 0 Å². The van der Waals surface area contributed by atoms with E-state index in [4.69, 9.17) is 15.2 Å². The monoisotopic (exact) mass is 321 g/mol. The van der Waals surface area contributed by atoms with Gasteiger partial charge in [0.25, 0.3) is 0 Å². The zero-order valence-electron chi connectivity index (χ0n) is 12.8. The number of ether oxygens (including phenoxy) is 2. The minimum atomic E-state index is -0.450. The number of hydrogen-bond acceptors (Lipinski definition) is 5. The summed E-state index contributed by atoms with van der Waals surface area (Å²) in [4.78, 5) is 15.9. The molecule has 4 rings (SSSR count). The summed E-state index contributed by atoms with van der Waals surface area (Å²) in [5.74, 6) is 1.76. The first-order valence-electron chi connectivity index (χ1n) is 7.52. The summed E-state index contributed by atoms with van der Waals surface area (Å²) in [5, 5.41) is 4.94. The number of benzene rings is 2. The van der Waals surface area contributed by atoms with Crippen molar-refractivity contribution in [3.63, 3.8) is 0 Å². The lowest BCUT2D eigenvalue weighted by Crippen LogP contribution is -2.11. The highest BCUT2D eigenvalue weighted by molar-refractivity contribution is 6.08. The predicted molar refractivity (Wildman–Crippen MR) is 90.2 cm³/mol. The molecule has 2 aromatic carbocycles. The van der Waals surface area contributed by atoms with Crippen molar-refractivity contribution in [3.8, 4) is 11.5 Å². The van der Waals surface area contributed by atoms with E-state index in [1.54, 1.807) is 24.4 Å². The van der Waals surface area contributed by atoms with Crippen LogP contribution < -0.4 is 20.5 Å². The van der Waals surface area contributed by atoms with Gasteiger partial charge in [-0.3, -0.25) is 4.79 Å². The van der Waals surface area contributed by atoms with Gasteiger partial charge in [-0.05, 0) is 35.2 Å². The number of fused-ring (bicyclic) bond motifs is 2. The Kier molecular flexibility index (Phi) is 3.42. The number of aromatic nitrogens is 1. The highest BCUT2D eigenvalue weighted by Gasteiger charge is 2.13. The number of amides is 1. The van der Waals surface area contributed by atoms with E-state index in [1.165, 1.54) is 0 Å². The van der Waals surface area contributed by atoms with E-state index in [9.17, 15) is 4.79 Å². The molecule has 0 saturated heterocycles. The number of pyridine rings is 1. The van der Waals surface area contributed by atoms with Gasteiger partial charge in [-0.1, -0.05) is 18.2 Å². The zero-order chi connectivity index (χ0) is 16.5. The number of nitrogens with zero attached hydrogens (tertiary/aromatic N) is 1. The first-order valence-corrected chi connectivity index (χ1v) is 7.52. The number of rotatable bonds is 4. The fourth-order valence-corrected chi connectivity index (χ4v) is 2.80. The van der Waals surface area contributed by atoms with Crippen molar-refractivity contribution in [1.82, 2.24) is 4.98 Å². The van der Waals surface area contributed by atoms with E-state index in [2.05, 4.69) is 10.3 Å². The molecule has 120 valence electrons. The van der Waals surface area contributed by atoms with Crippen LogP contribution in [0.25, 0.3) is 10.8 Å². The summed E-state index contributed by atoms with van der Waals surface area (Å²) in [6.07, 6.45) is 1.66. The molecule has 0 spiro atoms. The molecule has 3 aromatic rings. The molecule has 3 N–H and O–H groups in total. The molecular formula is C18H15N3O3. The third-order valence-corrected chi connectivity index (χ3v) is 3.97. The maximum atomic E-state index is 11.6. The third-order valence-electron chi connectivity index (χ3n) is 3.97. The van der Waals surface area contributed by atoms with Crippen molar-refractivity contribution < 1.29 is 14.3 Å². The van der Waals surface area contributed by atoms with Gasteiger partial charge in [-0.15, -0.1) is 0 Å². The average Bonchev–Trinajstić information content (AvgIpc) is 3.07. The fourth-order valence-electron chi connectivity index (χ4n) is 2.80. The van der Waals surface area contributed by atoms with E-state index >= 15 is 0 Å². The van der Waals surface area contributed by atoms with Crippen LogP contribution in [0.2, 0.25) is 0 Å². The molecule has 2 heterocycles. The molecule has 6 heteroatoms. The Morgan fingerprint density at radius 3 is 2.88 bits per heavy atom. The van der Waals surface area contributed by atoms with E-state index < -0.39 is 5.91 Å². The van der Waals surface area contributed by atoms with Gasteiger partial charge in [0.05, 0.1) is 0 Å². The minimum absolute atomic E-state index is 0.257. The van der Waals surface area contributed by atoms with Crippen molar-refractivity contribution in [3.05, 3.63) is 59.8 Å². The first kappa shape index (κ1) is 14.3. The third kappa shape index (κ3) is 2.48. The Hall–Kier alpha value is -3.28. The molecule has 0 unspecified atom stereocenters. The Balaban J connectivity index is 1.63. The second-order valence-electron chi connectivity index (χ2n) is 5.47. The lowest BCUT2D eigenvalue weighted by Gasteiger charge is -2.10. The van der Waals surface area contributed by atoms with Gasteiger partial charge in [-0.2, -0.15) is 0 Å². The van der Waals surface area contributed by atoms with Crippen molar-refractivity contribution >= 4 is 22.5 Å². The number of carbonyl (C=O) groups is 1. The SMILES string of the molecule is NC(=O)c1cccc2c(NCc3ccc4c(c3)OCO4)nccc12. The van der Waals surface area contributed by atoms with Gasteiger partial charge in [0.2, 0.25) is 12.7 Å². The number of anilines is 1. The Labute approximate surface area is 138 Å². The maximum absolute atomic E-state index is 11.6. The molecule has 1 aliphatic heterocycles. The van der Waals surface area contributed by atoms with E-state index in [0.29, 0.717) is 17.9 Å².